The highest BCUT2D eigenvalue weighted by Gasteiger charge is 2.47. The van der Waals surface area contributed by atoms with Gasteiger partial charge in [0.1, 0.15) is 17.3 Å². The van der Waals surface area contributed by atoms with Crippen LogP contribution in [0.2, 0.25) is 0 Å². The van der Waals surface area contributed by atoms with Gasteiger partial charge in [-0.3, -0.25) is 4.79 Å². The summed E-state index contributed by atoms with van der Waals surface area (Å²) in [6, 6.07) is 17.1. The van der Waals surface area contributed by atoms with E-state index < -0.39 is 5.60 Å². The molecule has 3 aromatic carbocycles. The largest absolute Gasteiger partial charge is 0.507 e. The van der Waals surface area contributed by atoms with Gasteiger partial charge in [0.2, 0.25) is 0 Å². The second-order valence-corrected chi connectivity index (χ2v) is 7.95. The van der Waals surface area contributed by atoms with Crippen LogP contribution < -0.4 is 20.1 Å². The minimum absolute atomic E-state index is 0.0659. The van der Waals surface area contributed by atoms with Crippen molar-refractivity contribution in [1.82, 2.24) is 0 Å². The normalized spacial score (nSPS) is 17.3. The van der Waals surface area contributed by atoms with Gasteiger partial charge in [-0.15, -0.1) is 0 Å². The number of hydrogen-bond donors (Lipinski definition) is 1. The summed E-state index contributed by atoms with van der Waals surface area (Å²) in [5.74, 6) is 0.838. The molecule has 5 nitrogen and oxygen atoms in total. The Morgan fingerprint density at radius 1 is 1.09 bits per heavy atom. The van der Waals surface area contributed by atoms with E-state index >= 15 is 0 Å². The molecular weight excluding hydrogens is 402 g/mol. The predicted molar refractivity (Wildman–Crippen MR) is 127 cm³/mol. The minimum atomic E-state index is -1.27. The summed E-state index contributed by atoms with van der Waals surface area (Å²) in [7, 11) is 3.87. The van der Waals surface area contributed by atoms with E-state index in [2.05, 4.69) is 13.2 Å². The number of anilines is 1. The molecule has 5 heteroatoms. The second kappa shape index (κ2) is 7.93. The van der Waals surface area contributed by atoms with Gasteiger partial charge in [0.25, 0.3) is 6.47 Å². The van der Waals surface area contributed by atoms with E-state index in [0.29, 0.717) is 39.5 Å². The summed E-state index contributed by atoms with van der Waals surface area (Å²) >= 11 is 0. The highest BCUT2D eigenvalue weighted by atomic mass is 16.5. The van der Waals surface area contributed by atoms with Crippen molar-refractivity contribution in [2.45, 2.75) is 12.5 Å². The smallest absolute Gasteiger partial charge is 0.294 e. The van der Waals surface area contributed by atoms with E-state index in [4.69, 9.17) is 9.47 Å². The summed E-state index contributed by atoms with van der Waals surface area (Å²) < 4.78 is 12.4. The number of aliphatic hydroxyl groups is 1. The van der Waals surface area contributed by atoms with Crippen LogP contribution in [0.15, 0.2) is 67.3 Å². The van der Waals surface area contributed by atoms with Crippen LogP contribution in [0.4, 0.5) is 5.69 Å². The first kappa shape index (κ1) is 21.2. The number of aryl methyl sites for hydroxylation is 1. The van der Waals surface area contributed by atoms with Crippen molar-refractivity contribution < 1.29 is 19.4 Å². The highest BCUT2D eigenvalue weighted by Crippen LogP contribution is 2.52. The molecule has 0 bridgehead atoms. The lowest BCUT2D eigenvalue weighted by Gasteiger charge is -2.40. The van der Waals surface area contributed by atoms with E-state index in [-0.39, 0.29) is 5.76 Å². The monoisotopic (exact) mass is 427 g/mol. The number of aliphatic hydroxyl groups excluding tert-OH is 1. The Bertz CT molecular complexity index is 1340. The van der Waals surface area contributed by atoms with Gasteiger partial charge < -0.3 is 19.5 Å². The molecule has 1 aliphatic rings. The van der Waals surface area contributed by atoms with Crippen molar-refractivity contribution in [3.8, 4) is 11.5 Å². The van der Waals surface area contributed by atoms with Crippen molar-refractivity contribution in [2.24, 2.45) is 0 Å². The third kappa shape index (κ3) is 3.05. The molecule has 0 fully saturated rings. The number of nitrogens with zero attached hydrogens (tertiary/aromatic N) is 1. The summed E-state index contributed by atoms with van der Waals surface area (Å²) in [4.78, 5) is 13.9. The van der Waals surface area contributed by atoms with Gasteiger partial charge in [-0.05, 0) is 42.0 Å². The number of rotatable bonds is 5. The van der Waals surface area contributed by atoms with Crippen molar-refractivity contribution in [3.63, 3.8) is 0 Å². The third-order valence-electron chi connectivity index (χ3n) is 5.89. The third-order valence-corrected chi connectivity index (χ3v) is 5.89. The Morgan fingerprint density at radius 2 is 1.81 bits per heavy atom. The number of carbonyl (C=O) groups excluding carboxylic acids is 1. The fraction of sp³-hybridized carbons (Fsp3) is 0.148. The lowest BCUT2D eigenvalue weighted by atomic mass is 9.75. The molecule has 1 aliphatic heterocycles. The van der Waals surface area contributed by atoms with Crippen LogP contribution in [0, 0.1) is 6.92 Å². The van der Waals surface area contributed by atoms with Crippen molar-refractivity contribution >= 4 is 24.5 Å². The molecule has 162 valence electrons. The molecular formula is C27H25NO4. The average molecular weight is 428 g/mol. The molecule has 4 rings (SSSR count). The molecule has 0 saturated carbocycles. The molecule has 1 heterocycles. The van der Waals surface area contributed by atoms with Gasteiger partial charge >= 0.3 is 0 Å². The van der Waals surface area contributed by atoms with E-state index in [1.165, 1.54) is 6.08 Å². The second-order valence-electron chi connectivity index (χ2n) is 7.95. The molecule has 1 unspecified atom stereocenters. The first-order valence-electron chi connectivity index (χ1n) is 10.2. The maximum atomic E-state index is 11.9. The first-order chi connectivity index (χ1) is 15.3. The Hall–Kier alpha value is -3.99. The zero-order chi connectivity index (χ0) is 23.0. The average Bonchev–Trinajstić information content (AvgIpc) is 2.78. The molecule has 32 heavy (non-hydrogen) atoms. The van der Waals surface area contributed by atoms with Crippen LogP contribution in [-0.2, 0) is 15.1 Å². The van der Waals surface area contributed by atoms with E-state index in [0.717, 1.165) is 16.8 Å². The van der Waals surface area contributed by atoms with Gasteiger partial charge in [-0.1, -0.05) is 43.5 Å². The summed E-state index contributed by atoms with van der Waals surface area (Å²) in [5.41, 5.74) is 2.68. The molecule has 0 radical (unpaired) electrons. The van der Waals surface area contributed by atoms with Crippen LogP contribution in [0.25, 0.3) is 12.3 Å². The number of ether oxygens (including phenoxy) is 2. The lowest BCUT2D eigenvalue weighted by molar-refractivity contribution is -0.137. The topological polar surface area (TPSA) is 59.0 Å². The Balaban J connectivity index is 2.23. The molecule has 0 aromatic heterocycles. The van der Waals surface area contributed by atoms with Crippen LogP contribution >= 0.6 is 0 Å². The molecule has 0 spiro atoms. The van der Waals surface area contributed by atoms with Gasteiger partial charge in [-0.2, -0.15) is 0 Å². The molecule has 1 N–H and O–H groups in total. The van der Waals surface area contributed by atoms with E-state index in [9.17, 15) is 9.90 Å². The van der Waals surface area contributed by atoms with Gasteiger partial charge in [0, 0.05) is 42.5 Å². The van der Waals surface area contributed by atoms with Gasteiger partial charge in [0.05, 0.1) is 5.22 Å². The molecule has 0 saturated heterocycles. The number of benzene rings is 3. The molecule has 3 aromatic rings. The number of fused-ring (bicyclic) bond motifs is 2. The fourth-order valence-electron chi connectivity index (χ4n) is 4.33. The fourth-order valence-corrected chi connectivity index (χ4v) is 4.33. The van der Waals surface area contributed by atoms with Crippen LogP contribution in [0.3, 0.4) is 0 Å². The predicted octanol–water partition coefficient (Wildman–Crippen LogP) is 3.89. The van der Waals surface area contributed by atoms with E-state index in [1.807, 2.05) is 74.4 Å². The SMILES string of the molecule is C=C/C(O)=c1/c2c(ccc1=C)C(OC=O)(c1ccccc1C)c1ccc(N(C)C)cc1O2. The Labute approximate surface area is 187 Å². The van der Waals surface area contributed by atoms with Crippen LogP contribution in [-0.4, -0.2) is 25.7 Å². The van der Waals surface area contributed by atoms with Crippen LogP contribution in [0.5, 0.6) is 11.5 Å². The van der Waals surface area contributed by atoms with Crippen LogP contribution in [0.1, 0.15) is 22.3 Å². The highest BCUT2D eigenvalue weighted by molar-refractivity contribution is 5.69. The number of hydrogen-bond acceptors (Lipinski definition) is 5. The van der Waals surface area contributed by atoms with Crippen molar-refractivity contribution in [2.75, 3.05) is 19.0 Å². The molecule has 0 aliphatic carbocycles. The number of carbonyl (C=O) groups is 1. The van der Waals surface area contributed by atoms with Crippen molar-refractivity contribution in [1.29, 1.82) is 0 Å². The zero-order valence-corrected chi connectivity index (χ0v) is 18.4. The summed E-state index contributed by atoms with van der Waals surface area (Å²) in [5, 5.41) is 11.6. The summed E-state index contributed by atoms with van der Waals surface area (Å²) in [6.07, 6.45) is 1.34. The first-order valence-corrected chi connectivity index (χ1v) is 10.2. The Morgan fingerprint density at radius 3 is 2.47 bits per heavy atom. The quantitative estimate of drug-likeness (QED) is 0.626. The van der Waals surface area contributed by atoms with Gasteiger partial charge in [-0.25, -0.2) is 0 Å². The van der Waals surface area contributed by atoms with E-state index in [1.54, 1.807) is 6.07 Å². The maximum absolute atomic E-state index is 11.9. The maximum Gasteiger partial charge on any atom is 0.294 e. The minimum Gasteiger partial charge on any atom is -0.507 e. The summed E-state index contributed by atoms with van der Waals surface area (Å²) in [6.45, 7) is 10.2. The van der Waals surface area contributed by atoms with Gasteiger partial charge in [0.15, 0.2) is 5.60 Å². The lowest BCUT2D eigenvalue weighted by Crippen LogP contribution is -2.40. The molecule has 0 amide bonds. The molecule has 1 atom stereocenters. The Kier molecular flexibility index (Phi) is 5.26. The standard InChI is InChI=1S/C27H25NO4/c1-6-23(30)25-18(3)11-13-22-26(25)32-24-15-19(28(4)5)12-14-21(24)27(22,31-16-29)20-10-8-7-9-17(20)2/h6-16,30H,1,3H2,2,4-5H3/b25-23-. The zero-order valence-electron chi connectivity index (χ0n) is 18.4. The van der Waals surface area contributed by atoms with Crippen molar-refractivity contribution in [3.05, 3.63) is 99.9 Å².